The lowest BCUT2D eigenvalue weighted by atomic mass is 9.83. The quantitative estimate of drug-likeness (QED) is 0.903. The van der Waals surface area contributed by atoms with E-state index in [-0.39, 0.29) is 0 Å². The minimum atomic E-state index is 0.350. The van der Waals surface area contributed by atoms with Crippen LogP contribution < -0.4 is 5.32 Å². The standard InChI is InChI=1S/C16H26N2OS/c1-17-15(13-14-5-4-12-20-14)16(6-2-3-7-16)18-8-10-19-11-9-18/h4-5,12,15,17H,2-3,6-11,13H2,1H3. The first-order valence-corrected chi connectivity index (χ1v) is 8.75. The summed E-state index contributed by atoms with van der Waals surface area (Å²) < 4.78 is 5.56. The van der Waals surface area contributed by atoms with Gasteiger partial charge in [-0.15, -0.1) is 11.3 Å². The predicted molar refractivity (Wildman–Crippen MR) is 84.5 cm³/mol. The van der Waals surface area contributed by atoms with Crippen molar-refractivity contribution < 1.29 is 4.74 Å². The minimum Gasteiger partial charge on any atom is -0.379 e. The topological polar surface area (TPSA) is 24.5 Å². The number of thiophene rings is 1. The van der Waals surface area contributed by atoms with Gasteiger partial charge in [0.05, 0.1) is 13.2 Å². The number of nitrogens with one attached hydrogen (secondary N) is 1. The van der Waals surface area contributed by atoms with Gasteiger partial charge in [0.1, 0.15) is 0 Å². The number of hydrogen-bond donors (Lipinski definition) is 1. The van der Waals surface area contributed by atoms with Gasteiger partial charge in [-0.2, -0.15) is 0 Å². The van der Waals surface area contributed by atoms with Crippen LogP contribution in [-0.2, 0) is 11.2 Å². The molecule has 20 heavy (non-hydrogen) atoms. The van der Waals surface area contributed by atoms with E-state index in [0.717, 1.165) is 32.7 Å². The van der Waals surface area contributed by atoms with Crippen molar-refractivity contribution in [3.63, 3.8) is 0 Å². The van der Waals surface area contributed by atoms with Crippen LogP contribution in [0.4, 0.5) is 0 Å². The molecule has 0 aromatic carbocycles. The molecule has 2 fully saturated rings. The van der Waals surface area contributed by atoms with Gasteiger partial charge < -0.3 is 10.1 Å². The van der Waals surface area contributed by atoms with E-state index in [0.29, 0.717) is 11.6 Å². The number of rotatable bonds is 5. The fraction of sp³-hybridized carbons (Fsp3) is 0.750. The molecule has 1 atom stereocenters. The maximum atomic E-state index is 5.56. The zero-order chi connectivity index (χ0) is 13.8. The van der Waals surface area contributed by atoms with Gasteiger partial charge in [0.2, 0.25) is 0 Å². The third-order valence-corrected chi connectivity index (χ3v) is 5.99. The van der Waals surface area contributed by atoms with Gasteiger partial charge in [0, 0.05) is 29.5 Å². The normalized spacial score (nSPS) is 24.9. The smallest absolute Gasteiger partial charge is 0.0594 e. The van der Waals surface area contributed by atoms with Crippen LogP contribution in [0.15, 0.2) is 17.5 Å². The molecule has 1 aliphatic carbocycles. The summed E-state index contributed by atoms with van der Waals surface area (Å²) in [6, 6.07) is 5.00. The molecule has 1 saturated heterocycles. The second-order valence-corrected chi connectivity index (χ2v) is 7.07. The van der Waals surface area contributed by atoms with Gasteiger partial charge >= 0.3 is 0 Å². The number of morpholine rings is 1. The van der Waals surface area contributed by atoms with Crippen LogP contribution in [0.25, 0.3) is 0 Å². The molecule has 2 aliphatic rings. The summed E-state index contributed by atoms with van der Waals surface area (Å²) in [5, 5.41) is 5.84. The summed E-state index contributed by atoms with van der Waals surface area (Å²) in [6.07, 6.45) is 6.58. The first-order valence-electron chi connectivity index (χ1n) is 7.87. The number of hydrogen-bond acceptors (Lipinski definition) is 4. The summed E-state index contributed by atoms with van der Waals surface area (Å²) >= 11 is 1.89. The van der Waals surface area contributed by atoms with Gasteiger partial charge in [-0.05, 0) is 37.8 Å². The Labute approximate surface area is 126 Å². The maximum Gasteiger partial charge on any atom is 0.0594 e. The first-order chi connectivity index (χ1) is 9.85. The van der Waals surface area contributed by atoms with Gasteiger partial charge in [-0.25, -0.2) is 0 Å². The fourth-order valence-electron chi connectivity index (χ4n) is 4.07. The summed E-state index contributed by atoms with van der Waals surface area (Å²) in [5.41, 5.74) is 0.350. The van der Waals surface area contributed by atoms with Gasteiger partial charge in [-0.1, -0.05) is 18.9 Å². The SMILES string of the molecule is CNC(Cc1cccs1)C1(N2CCOCC2)CCCC1. The second kappa shape index (κ2) is 6.56. The minimum absolute atomic E-state index is 0.350. The largest absolute Gasteiger partial charge is 0.379 e. The molecule has 1 aromatic heterocycles. The van der Waals surface area contributed by atoms with E-state index >= 15 is 0 Å². The highest BCUT2D eigenvalue weighted by atomic mass is 32.1. The second-order valence-electron chi connectivity index (χ2n) is 6.03. The molecule has 112 valence electrons. The van der Waals surface area contributed by atoms with Crippen molar-refractivity contribution in [2.45, 2.75) is 43.7 Å². The van der Waals surface area contributed by atoms with Crippen molar-refractivity contribution in [3.05, 3.63) is 22.4 Å². The molecule has 1 aliphatic heterocycles. The Morgan fingerprint density at radius 3 is 2.70 bits per heavy atom. The summed E-state index contributed by atoms with van der Waals surface area (Å²) in [4.78, 5) is 4.22. The molecule has 2 heterocycles. The van der Waals surface area contributed by atoms with Crippen molar-refractivity contribution in [2.75, 3.05) is 33.4 Å². The summed E-state index contributed by atoms with van der Waals surface area (Å²) in [6.45, 7) is 4.00. The predicted octanol–water partition coefficient (Wildman–Crippen LogP) is 2.52. The Morgan fingerprint density at radius 2 is 2.10 bits per heavy atom. The zero-order valence-electron chi connectivity index (χ0n) is 12.4. The molecule has 1 N–H and O–H groups in total. The van der Waals surface area contributed by atoms with Gasteiger partial charge in [0.25, 0.3) is 0 Å². The molecule has 3 nitrogen and oxygen atoms in total. The first kappa shape index (κ1) is 14.5. The molecule has 0 amide bonds. The monoisotopic (exact) mass is 294 g/mol. The highest BCUT2D eigenvalue weighted by molar-refractivity contribution is 7.09. The molecule has 0 radical (unpaired) electrons. The van der Waals surface area contributed by atoms with Crippen molar-refractivity contribution in [1.82, 2.24) is 10.2 Å². The van der Waals surface area contributed by atoms with Crippen LogP contribution >= 0.6 is 11.3 Å². The number of likely N-dealkylation sites (N-methyl/N-ethyl adjacent to an activating group) is 1. The number of nitrogens with zero attached hydrogens (tertiary/aromatic N) is 1. The van der Waals surface area contributed by atoms with Crippen molar-refractivity contribution in [2.24, 2.45) is 0 Å². The molecule has 1 aromatic rings. The third-order valence-electron chi connectivity index (χ3n) is 5.09. The molecule has 0 spiro atoms. The highest BCUT2D eigenvalue weighted by Crippen LogP contribution is 2.39. The Balaban J connectivity index is 1.79. The lowest BCUT2D eigenvalue weighted by Crippen LogP contribution is -2.62. The summed E-state index contributed by atoms with van der Waals surface area (Å²) in [5.74, 6) is 0. The van der Waals surface area contributed by atoms with Crippen LogP contribution in [0.5, 0.6) is 0 Å². The Bertz CT molecular complexity index is 395. The van der Waals surface area contributed by atoms with Gasteiger partial charge in [-0.3, -0.25) is 4.90 Å². The van der Waals surface area contributed by atoms with Crippen LogP contribution in [0.2, 0.25) is 0 Å². The fourth-order valence-corrected chi connectivity index (χ4v) is 4.82. The molecule has 0 bridgehead atoms. The maximum absolute atomic E-state index is 5.56. The lowest BCUT2D eigenvalue weighted by Gasteiger charge is -2.48. The van der Waals surface area contributed by atoms with E-state index in [4.69, 9.17) is 4.74 Å². The van der Waals surface area contributed by atoms with E-state index < -0.39 is 0 Å². The molecule has 4 heteroatoms. The average molecular weight is 294 g/mol. The van der Waals surface area contributed by atoms with Gasteiger partial charge in [0.15, 0.2) is 0 Å². The van der Waals surface area contributed by atoms with E-state index in [1.165, 1.54) is 30.6 Å². The Kier molecular flexibility index (Phi) is 4.76. The highest BCUT2D eigenvalue weighted by Gasteiger charge is 2.45. The average Bonchev–Trinajstić information content (AvgIpc) is 3.18. The zero-order valence-corrected chi connectivity index (χ0v) is 13.3. The molecule has 1 unspecified atom stereocenters. The Hall–Kier alpha value is -0.420. The molecule has 3 rings (SSSR count). The molecule has 1 saturated carbocycles. The van der Waals surface area contributed by atoms with Crippen molar-refractivity contribution in [3.8, 4) is 0 Å². The van der Waals surface area contributed by atoms with E-state index in [2.05, 4.69) is 34.8 Å². The summed E-state index contributed by atoms with van der Waals surface area (Å²) in [7, 11) is 2.14. The van der Waals surface area contributed by atoms with Crippen LogP contribution in [-0.4, -0.2) is 49.8 Å². The van der Waals surface area contributed by atoms with E-state index in [9.17, 15) is 0 Å². The number of ether oxygens (including phenoxy) is 1. The lowest BCUT2D eigenvalue weighted by molar-refractivity contribution is -0.0346. The van der Waals surface area contributed by atoms with Crippen LogP contribution in [0, 0.1) is 0 Å². The van der Waals surface area contributed by atoms with Crippen LogP contribution in [0.3, 0.4) is 0 Å². The van der Waals surface area contributed by atoms with Crippen molar-refractivity contribution >= 4 is 11.3 Å². The van der Waals surface area contributed by atoms with E-state index in [1.54, 1.807) is 0 Å². The Morgan fingerprint density at radius 1 is 1.35 bits per heavy atom. The molecular formula is C16H26N2OS. The van der Waals surface area contributed by atoms with Crippen molar-refractivity contribution in [1.29, 1.82) is 0 Å². The van der Waals surface area contributed by atoms with Crippen LogP contribution in [0.1, 0.15) is 30.6 Å². The van der Waals surface area contributed by atoms with E-state index in [1.807, 2.05) is 11.3 Å². The third kappa shape index (κ3) is 2.80. The molecular weight excluding hydrogens is 268 g/mol.